The zero-order chi connectivity index (χ0) is 52.6. The minimum absolute atomic E-state index is 0.0866. The van der Waals surface area contributed by atoms with E-state index < -0.39 is 10.8 Å². The van der Waals surface area contributed by atoms with Crippen molar-refractivity contribution in [1.29, 1.82) is 21.0 Å². The van der Waals surface area contributed by atoms with Gasteiger partial charge in [-0.2, -0.15) is 21.0 Å². The number of thiophene rings is 6. The maximum atomic E-state index is 14.6. The predicted octanol–water partition coefficient (Wildman–Crippen LogP) is 17.2. The molecule has 5 aromatic carbocycles. The lowest BCUT2D eigenvalue weighted by molar-refractivity contribution is 0.103. The Hall–Kier alpha value is -8.92. The van der Waals surface area contributed by atoms with Crippen molar-refractivity contribution >= 4 is 122 Å². The van der Waals surface area contributed by atoms with Crippen LogP contribution >= 0.6 is 68.0 Å². The molecular weight excluding hydrogens is 1070 g/mol. The van der Waals surface area contributed by atoms with E-state index in [4.69, 9.17) is 0 Å². The zero-order valence-corrected chi connectivity index (χ0v) is 45.3. The number of Topliss-reactive ketones (excluding diaryl/α,β-unsaturated/α-hetero) is 2. The second-order valence-corrected chi connectivity index (χ2v) is 25.4. The van der Waals surface area contributed by atoms with Crippen LogP contribution < -0.4 is 0 Å². The molecule has 15 rings (SSSR count). The highest BCUT2D eigenvalue weighted by Gasteiger charge is 2.53. The molecule has 0 N–H and O–H groups in total. The number of allylic oxidation sites excluding steroid dienone is 6. The summed E-state index contributed by atoms with van der Waals surface area (Å²) in [7, 11) is 0. The molecule has 0 spiro atoms. The van der Waals surface area contributed by atoms with Gasteiger partial charge >= 0.3 is 0 Å². The first-order valence-electron chi connectivity index (χ1n) is 24.7. The number of nitriles is 4. The molecule has 78 heavy (non-hydrogen) atoms. The lowest BCUT2D eigenvalue weighted by atomic mass is 9.66. The smallest absolute Gasteiger partial charge is 0.204 e. The normalized spacial score (nSPS) is 15.9. The maximum Gasteiger partial charge on any atom is 0.204 e. The fraction of sp³-hybridized carbons (Fsp3) is 0.0303. The van der Waals surface area contributed by atoms with Crippen molar-refractivity contribution in [1.82, 2.24) is 0 Å². The number of ketones is 2. The summed E-state index contributed by atoms with van der Waals surface area (Å²) in [4.78, 5) is 34.1. The van der Waals surface area contributed by atoms with Crippen LogP contribution in [0.15, 0.2) is 191 Å². The summed E-state index contributed by atoms with van der Waals surface area (Å²) >= 11 is 9.06. The summed E-state index contributed by atoms with van der Waals surface area (Å²) in [6, 6.07) is 64.0. The molecule has 0 bridgehead atoms. The van der Waals surface area contributed by atoms with Crippen LogP contribution in [-0.4, -0.2) is 11.6 Å². The van der Waals surface area contributed by atoms with E-state index >= 15 is 0 Å². The molecule has 6 nitrogen and oxygen atoms in total. The van der Waals surface area contributed by atoms with Gasteiger partial charge in [0.2, 0.25) is 11.6 Å². The van der Waals surface area contributed by atoms with Crippen LogP contribution in [0, 0.1) is 45.3 Å². The average molecular weight is 1100 g/mol. The summed E-state index contributed by atoms with van der Waals surface area (Å²) in [6.45, 7) is 0. The van der Waals surface area contributed by atoms with Gasteiger partial charge < -0.3 is 0 Å². The van der Waals surface area contributed by atoms with Crippen molar-refractivity contribution in [2.75, 3.05) is 0 Å². The molecule has 0 radical (unpaired) electrons. The summed E-state index contributed by atoms with van der Waals surface area (Å²) in [5, 5.41) is 45.5. The Bertz CT molecular complexity index is 4390. The fourth-order valence-corrected chi connectivity index (χ4v) is 19.7. The van der Waals surface area contributed by atoms with Crippen molar-refractivity contribution in [3.63, 3.8) is 0 Å². The van der Waals surface area contributed by atoms with Gasteiger partial charge in [-0.25, -0.2) is 0 Å². The largest absolute Gasteiger partial charge is 0.288 e. The molecule has 0 saturated heterocycles. The van der Waals surface area contributed by atoms with Crippen LogP contribution in [0.1, 0.15) is 84.7 Å². The van der Waals surface area contributed by atoms with Gasteiger partial charge in [-0.1, -0.05) is 121 Å². The quantitative estimate of drug-likeness (QED) is 0.120. The highest BCUT2D eigenvalue weighted by atomic mass is 32.1. The van der Waals surface area contributed by atoms with E-state index in [1.807, 2.05) is 59.3 Å². The minimum Gasteiger partial charge on any atom is -0.288 e. The van der Waals surface area contributed by atoms with Gasteiger partial charge in [-0.15, -0.1) is 68.0 Å². The van der Waals surface area contributed by atoms with Gasteiger partial charge in [0.15, 0.2) is 0 Å². The first kappa shape index (κ1) is 46.4. The molecule has 11 aromatic rings. The predicted molar refractivity (Wildman–Crippen MR) is 317 cm³/mol. The van der Waals surface area contributed by atoms with Crippen molar-refractivity contribution in [2.45, 2.75) is 10.8 Å². The van der Waals surface area contributed by atoms with Crippen molar-refractivity contribution in [3.05, 3.63) is 266 Å². The molecule has 4 aliphatic rings. The van der Waals surface area contributed by atoms with Crippen molar-refractivity contribution in [2.24, 2.45) is 0 Å². The molecule has 0 amide bonds. The lowest BCUT2D eigenvalue weighted by Gasteiger charge is -2.35. The van der Waals surface area contributed by atoms with Crippen molar-refractivity contribution in [3.8, 4) is 45.2 Å². The number of fused-ring (bicyclic) bond motifs is 12. The highest BCUT2D eigenvalue weighted by molar-refractivity contribution is 7.29. The number of carbonyl (C=O) groups is 2. The molecule has 4 aliphatic carbocycles. The van der Waals surface area contributed by atoms with Crippen LogP contribution in [0.25, 0.3) is 63.0 Å². The molecule has 362 valence electrons. The molecule has 6 aromatic heterocycles. The van der Waals surface area contributed by atoms with E-state index in [-0.39, 0.29) is 22.7 Å². The molecule has 0 atom stereocenters. The van der Waals surface area contributed by atoms with Crippen LogP contribution in [0.5, 0.6) is 0 Å². The first-order valence-corrected chi connectivity index (χ1v) is 29.7. The Morgan fingerprint density at radius 1 is 0.410 bits per heavy atom. The van der Waals surface area contributed by atoms with Gasteiger partial charge in [0.05, 0.1) is 30.0 Å². The Labute approximate surface area is 470 Å². The van der Waals surface area contributed by atoms with E-state index in [1.165, 1.54) is 45.3 Å². The van der Waals surface area contributed by atoms with Crippen LogP contribution in [-0.2, 0) is 10.8 Å². The second-order valence-electron chi connectivity index (χ2n) is 19.3. The molecule has 0 saturated carbocycles. The first-order chi connectivity index (χ1) is 38.3. The summed E-state index contributed by atoms with van der Waals surface area (Å²) in [6.07, 6.45) is 3.80. The molecule has 6 heterocycles. The third-order valence-corrected chi connectivity index (χ3v) is 22.3. The van der Waals surface area contributed by atoms with E-state index in [0.717, 1.165) is 93.9 Å². The third kappa shape index (κ3) is 6.10. The van der Waals surface area contributed by atoms with Crippen LogP contribution in [0.4, 0.5) is 0 Å². The zero-order valence-electron chi connectivity index (χ0n) is 40.4. The number of benzene rings is 5. The highest BCUT2D eigenvalue weighted by Crippen LogP contribution is 2.66. The molecule has 0 aliphatic heterocycles. The molecule has 0 unspecified atom stereocenters. The summed E-state index contributed by atoms with van der Waals surface area (Å²) in [5.74, 6) is -0.374. The summed E-state index contributed by atoms with van der Waals surface area (Å²) < 4.78 is 3.73. The van der Waals surface area contributed by atoms with Crippen LogP contribution in [0.3, 0.4) is 0 Å². The lowest BCUT2D eigenvalue weighted by Crippen LogP contribution is -2.29. The number of hydrogen-bond acceptors (Lipinski definition) is 12. The topological polar surface area (TPSA) is 129 Å². The van der Waals surface area contributed by atoms with E-state index in [2.05, 4.69) is 146 Å². The number of rotatable bonds is 6. The van der Waals surface area contributed by atoms with Gasteiger partial charge in [0.25, 0.3) is 0 Å². The third-order valence-electron chi connectivity index (χ3n) is 15.6. The summed E-state index contributed by atoms with van der Waals surface area (Å²) in [5.41, 5.74) is 11.6. The van der Waals surface area contributed by atoms with Crippen molar-refractivity contribution < 1.29 is 9.59 Å². The maximum absolute atomic E-state index is 14.6. The SMILES string of the molecule is N#CC(C#N)=C1/C(=C/c2cc3c(s2)-c2cc4c(cc2C3(c2ccccc2)c2ccccc2)-c2sc(/C=C3\C(=O)c5sc6ccsc6c5C3=C(C#N)C#N)cc2C4(c2ccccc2)c2ccccc2)C(=O)c2sc3ccsc3c21. The Morgan fingerprint density at radius 3 is 1.09 bits per heavy atom. The molecule has 0 fully saturated rings. The van der Waals surface area contributed by atoms with Crippen LogP contribution in [0.2, 0.25) is 0 Å². The molecular formula is C66H30N4O2S6. The Balaban J connectivity index is 1.01. The monoisotopic (exact) mass is 1100 g/mol. The van der Waals surface area contributed by atoms with E-state index in [0.29, 0.717) is 43.2 Å². The van der Waals surface area contributed by atoms with Gasteiger partial charge in [0, 0.05) is 62.3 Å². The minimum atomic E-state index is -0.849. The molecule has 12 heteroatoms. The average Bonchev–Trinajstić information content (AvgIpc) is 3.75. The van der Waals surface area contributed by atoms with E-state index in [9.17, 15) is 30.6 Å². The van der Waals surface area contributed by atoms with Gasteiger partial charge in [-0.3, -0.25) is 9.59 Å². The fourth-order valence-electron chi connectivity index (χ4n) is 12.7. The second kappa shape index (κ2) is 17.3. The number of hydrogen-bond donors (Lipinski definition) is 0. The van der Waals surface area contributed by atoms with Gasteiger partial charge in [0.1, 0.15) is 35.4 Å². The Morgan fingerprint density at radius 2 is 0.756 bits per heavy atom. The number of carbonyl (C=O) groups excluding carboxylic acids is 2. The Kier molecular flexibility index (Phi) is 10.3. The number of nitrogens with zero attached hydrogens (tertiary/aromatic N) is 4. The van der Waals surface area contributed by atoms with Gasteiger partial charge in [-0.05, 0) is 115 Å². The standard InChI is InChI=1S/C66H30N4O2S6/c67-31-35(32-68)53-45(57(71)63-55(53)61-51(77-63)21-23-73-61)25-41-27-49-59(75-41)43-30-48-44(29-47(43)65(49,37-13-5-1-6-14-37)38-15-7-2-8-16-38)60-50(66(48,39-17-9-3-10-18-39)40-19-11-4-12-20-40)28-42(76-60)26-46-54(36(33-69)34-70)56-62-52(22-24-74-62)78-64(56)58(46)72/h1-30H/b45-25-,46-26-. The van der Waals surface area contributed by atoms with E-state index in [1.54, 1.807) is 22.7 Å².